The van der Waals surface area contributed by atoms with Crippen LogP contribution in [0, 0.1) is 6.92 Å². The Morgan fingerprint density at radius 3 is 2.53 bits per heavy atom. The fourth-order valence-electron chi connectivity index (χ4n) is 1.14. The first-order valence-electron chi connectivity index (χ1n) is 5.19. The molecule has 0 aliphatic carbocycles. The Hall–Kier alpha value is -1.32. The van der Waals surface area contributed by atoms with Crippen molar-refractivity contribution in [3.8, 4) is 5.88 Å². The quantitative estimate of drug-likeness (QED) is 0.830. The SMILES string of the molecule is CCNc1nc(C)cc(OC(C)(C)C)n1. The van der Waals surface area contributed by atoms with E-state index >= 15 is 0 Å². The molecule has 1 aromatic rings. The average molecular weight is 209 g/mol. The van der Waals surface area contributed by atoms with Crippen molar-refractivity contribution in [1.82, 2.24) is 9.97 Å². The number of anilines is 1. The summed E-state index contributed by atoms with van der Waals surface area (Å²) in [4.78, 5) is 8.52. The van der Waals surface area contributed by atoms with E-state index in [2.05, 4.69) is 15.3 Å². The largest absolute Gasteiger partial charge is 0.472 e. The predicted octanol–water partition coefficient (Wildman–Crippen LogP) is 2.39. The van der Waals surface area contributed by atoms with Crippen molar-refractivity contribution in [3.63, 3.8) is 0 Å². The van der Waals surface area contributed by atoms with E-state index in [1.54, 1.807) is 0 Å². The molecule has 1 aromatic heterocycles. The standard InChI is InChI=1S/C11H19N3O/c1-6-12-10-13-8(2)7-9(14-10)15-11(3,4)5/h7H,6H2,1-5H3,(H,12,13,14). The highest BCUT2D eigenvalue weighted by atomic mass is 16.5. The van der Waals surface area contributed by atoms with Gasteiger partial charge in [-0.05, 0) is 34.6 Å². The topological polar surface area (TPSA) is 47.0 Å². The summed E-state index contributed by atoms with van der Waals surface area (Å²) in [7, 11) is 0. The first kappa shape index (κ1) is 11.8. The van der Waals surface area contributed by atoms with Crippen molar-refractivity contribution >= 4 is 5.95 Å². The molecule has 0 radical (unpaired) electrons. The molecule has 84 valence electrons. The second kappa shape index (κ2) is 4.47. The minimum Gasteiger partial charge on any atom is -0.472 e. The number of nitrogens with one attached hydrogen (secondary N) is 1. The van der Waals surface area contributed by atoms with E-state index in [9.17, 15) is 0 Å². The van der Waals surface area contributed by atoms with Gasteiger partial charge in [0.1, 0.15) is 5.60 Å². The van der Waals surface area contributed by atoms with Crippen LogP contribution in [0.4, 0.5) is 5.95 Å². The Morgan fingerprint density at radius 2 is 2.00 bits per heavy atom. The van der Waals surface area contributed by atoms with Gasteiger partial charge in [0.25, 0.3) is 0 Å². The number of ether oxygens (including phenoxy) is 1. The normalized spacial score (nSPS) is 11.3. The van der Waals surface area contributed by atoms with Gasteiger partial charge in [-0.1, -0.05) is 0 Å². The lowest BCUT2D eigenvalue weighted by molar-refractivity contribution is 0.124. The highest BCUT2D eigenvalue weighted by molar-refractivity contribution is 5.30. The fraction of sp³-hybridized carbons (Fsp3) is 0.636. The molecule has 0 aromatic carbocycles. The van der Waals surface area contributed by atoms with E-state index in [0.717, 1.165) is 12.2 Å². The Morgan fingerprint density at radius 1 is 1.33 bits per heavy atom. The van der Waals surface area contributed by atoms with Gasteiger partial charge in [-0.2, -0.15) is 4.98 Å². The molecule has 0 aliphatic rings. The Balaban J connectivity index is 2.88. The van der Waals surface area contributed by atoms with Gasteiger partial charge in [-0.3, -0.25) is 0 Å². The first-order chi connectivity index (χ1) is 6.90. The Bertz CT molecular complexity index is 331. The van der Waals surface area contributed by atoms with E-state index in [-0.39, 0.29) is 5.60 Å². The van der Waals surface area contributed by atoms with E-state index in [0.29, 0.717) is 11.8 Å². The lowest BCUT2D eigenvalue weighted by Gasteiger charge is -2.20. The van der Waals surface area contributed by atoms with Crippen LogP contribution in [0.5, 0.6) is 5.88 Å². The van der Waals surface area contributed by atoms with Gasteiger partial charge in [0.2, 0.25) is 11.8 Å². The number of nitrogens with zero attached hydrogens (tertiary/aromatic N) is 2. The maximum absolute atomic E-state index is 5.68. The summed E-state index contributed by atoms with van der Waals surface area (Å²) in [6.45, 7) is 10.7. The van der Waals surface area contributed by atoms with E-state index in [1.807, 2.05) is 40.7 Å². The van der Waals surface area contributed by atoms with E-state index in [1.165, 1.54) is 0 Å². The molecule has 0 saturated carbocycles. The molecule has 0 unspecified atom stereocenters. The third-order valence-corrected chi connectivity index (χ3v) is 1.58. The molecule has 1 N–H and O–H groups in total. The van der Waals surface area contributed by atoms with Crippen LogP contribution in [0.1, 0.15) is 33.4 Å². The molecule has 0 aliphatic heterocycles. The maximum atomic E-state index is 5.68. The minimum atomic E-state index is -0.232. The van der Waals surface area contributed by atoms with Gasteiger partial charge in [0.05, 0.1) is 0 Å². The Kier molecular flexibility index (Phi) is 3.50. The molecule has 0 amide bonds. The van der Waals surface area contributed by atoms with Gasteiger partial charge >= 0.3 is 0 Å². The zero-order chi connectivity index (χ0) is 11.5. The van der Waals surface area contributed by atoms with Gasteiger partial charge in [-0.25, -0.2) is 4.98 Å². The molecule has 0 bridgehead atoms. The summed E-state index contributed by atoms with van der Waals surface area (Å²) in [5.74, 6) is 1.24. The van der Waals surface area contributed by atoms with Crippen LogP contribution < -0.4 is 10.1 Å². The van der Waals surface area contributed by atoms with Crippen LogP contribution in [0.2, 0.25) is 0 Å². The van der Waals surface area contributed by atoms with Crippen LogP contribution in [0.25, 0.3) is 0 Å². The molecule has 0 spiro atoms. The highest BCUT2D eigenvalue weighted by Crippen LogP contribution is 2.17. The minimum absolute atomic E-state index is 0.232. The van der Waals surface area contributed by atoms with Crippen molar-refractivity contribution in [2.24, 2.45) is 0 Å². The van der Waals surface area contributed by atoms with Crippen LogP contribution in [-0.2, 0) is 0 Å². The predicted molar refractivity (Wildman–Crippen MR) is 61.3 cm³/mol. The lowest BCUT2D eigenvalue weighted by Crippen LogP contribution is -2.24. The van der Waals surface area contributed by atoms with Crippen LogP contribution in [0.15, 0.2) is 6.07 Å². The van der Waals surface area contributed by atoms with Crippen molar-refractivity contribution in [1.29, 1.82) is 0 Å². The summed E-state index contributed by atoms with van der Waals surface area (Å²) in [6.07, 6.45) is 0. The molecule has 0 saturated heterocycles. The van der Waals surface area contributed by atoms with Crippen LogP contribution >= 0.6 is 0 Å². The Labute approximate surface area is 91.1 Å². The van der Waals surface area contributed by atoms with Crippen molar-refractivity contribution in [3.05, 3.63) is 11.8 Å². The first-order valence-corrected chi connectivity index (χ1v) is 5.19. The maximum Gasteiger partial charge on any atom is 0.226 e. The van der Waals surface area contributed by atoms with Gasteiger partial charge in [0, 0.05) is 18.3 Å². The monoisotopic (exact) mass is 209 g/mol. The summed E-state index contributed by atoms with van der Waals surface area (Å²) >= 11 is 0. The van der Waals surface area contributed by atoms with Crippen LogP contribution in [0.3, 0.4) is 0 Å². The van der Waals surface area contributed by atoms with E-state index < -0.39 is 0 Å². The van der Waals surface area contributed by atoms with Crippen LogP contribution in [-0.4, -0.2) is 22.1 Å². The number of rotatable bonds is 3. The fourth-order valence-corrected chi connectivity index (χ4v) is 1.14. The molecule has 4 nitrogen and oxygen atoms in total. The molecule has 0 fully saturated rings. The lowest BCUT2D eigenvalue weighted by atomic mass is 10.2. The number of hydrogen-bond acceptors (Lipinski definition) is 4. The third kappa shape index (κ3) is 4.14. The second-order valence-corrected chi connectivity index (χ2v) is 4.42. The zero-order valence-corrected chi connectivity index (χ0v) is 10.1. The van der Waals surface area contributed by atoms with Crippen molar-refractivity contribution in [2.45, 2.75) is 40.2 Å². The number of aryl methyl sites for hydroxylation is 1. The molecule has 1 rings (SSSR count). The third-order valence-electron chi connectivity index (χ3n) is 1.58. The molecular formula is C11H19N3O. The summed E-state index contributed by atoms with van der Waals surface area (Å²) in [5.41, 5.74) is 0.671. The molecule has 0 atom stereocenters. The zero-order valence-electron chi connectivity index (χ0n) is 10.1. The molecule has 15 heavy (non-hydrogen) atoms. The molecule has 4 heteroatoms. The smallest absolute Gasteiger partial charge is 0.226 e. The van der Waals surface area contributed by atoms with Gasteiger partial charge in [-0.15, -0.1) is 0 Å². The average Bonchev–Trinajstić information content (AvgIpc) is 1.99. The molecular weight excluding hydrogens is 190 g/mol. The van der Waals surface area contributed by atoms with Gasteiger partial charge in [0.15, 0.2) is 0 Å². The van der Waals surface area contributed by atoms with Gasteiger partial charge < -0.3 is 10.1 Å². The summed E-state index contributed by atoms with van der Waals surface area (Å²) in [6, 6.07) is 1.84. The number of hydrogen-bond donors (Lipinski definition) is 1. The summed E-state index contributed by atoms with van der Waals surface area (Å²) in [5, 5.41) is 3.07. The second-order valence-electron chi connectivity index (χ2n) is 4.42. The van der Waals surface area contributed by atoms with Crippen molar-refractivity contribution < 1.29 is 4.74 Å². The number of aromatic nitrogens is 2. The van der Waals surface area contributed by atoms with Crippen molar-refractivity contribution in [2.75, 3.05) is 11.9 Å². The summed E-state index contributed by atoms with van der Waals surface area (Å²) < 4.78 is 5.68. The van der Waals surface area contributed by atoms with E-state index in [4.69, 9.17) is 4.74 Å². The highest BCUT2D eigenvalue weighted by Gasteiger charge is 2.13. The molecule has 1 heterocycles.